The fourth-order valence-corrected chi connectivity index (χ4v) is 2.15. The van der Waals surface area contributed by atoms with Crippen molar-refractivity contribution >= 4 is 11.4 Å². The molecule has 0 bridgehead atoms. The van der Waals surface area contributed by atoms with Crippen molar-refractivity contribution in [3.05, 3.63) is 69.3 Å². The Morgan fingerprint density at radius 2 is 1.95 bits per heavy atom. The van der Waals surface area contributed by atoms with Gasteiger partial charge in [-0.05, 0) is 29.7 Å². The molecule has 0 radical (unpaired) electrons. The number of non-ortho nitro benzene ring substituents is 1. The second-order valence-corrected chi connectivity index (χ2v) is 4.86. The summed E-state index contributed by atoms with van der Waals surface area (Å²) in [4.78, 5) is 10.3. The zero-order valence-corrected chi connectivity index (χ0v) is 12.1. The monoisotopic (exact) mass is 286 g/mol. The van der Waals surface area contributed by atoms with E-state index < -0.39 is 0 Å². The van der Waals surface area contributed by atoms with Gasteiger partial charge in [-0.3, -0.25) is 10.1 Å². The number of nitrogens with one attached hydrogen (secondary N) is 1. The van der Waals surface area contributed by atoms with Crippen molar-refractivity contribution in [1.82, 2.24) is 0 Å². The summed E-state index contributed by atoms with van der Waals surface area (Å²) in [7, 11) is 1.67. The van der Waals surface area contributed by atoms with Crippen LogP contribution in [0.5, 0.6) is 0 Å². The number of hydrogen-bond donors (Lipinski definition) is 1. The predicted molar refractivity (Wildman–Crippen MR) is 82.3 cm³/mol. The van der Waals surface area contributed by atoms with Crippen LogP contribution in [0.25, 0.3) is 0 Å². The van der Waals surface area contributed by atoms with Crippen molar-refractivity contribution < 1.29 is 9.66 Å². The van der Waals surface area contributed by atoms with Gasteiger partial charge in [0, 0.05) is 31.5 Å². The van der Waals surface area contributed by atoms with Gasteiger partial charge in [-0.2, -0.15) is 0 Å². The second kappa shape index (κ2) is 6.85. The van der Waals surface area contributed by atoms with Crippen LogP contribution in [0.15, 0.2) is 42.5 Å². The first-order chi connectivity index (χ1) is 10.1. The first-order valence-corrected chi connectivity index (χ1v) is 6.66. The Morgan fingerprint density at radius 3 is 2.62 bits per heavy atom. The van der Waals surface area contributed by atoms with Gasteiger partial charge in [0.05, 0.1) is 11.5 Å². The molecule has 0 heterocycles. The Morgan fingerprint density at radius 1 is 1.19 bits per heavy atom. The van der Waals surface area contributed by atoms with E-state index in [2.05, 4.69) is 11.4 Å². The molecule has 0 unspecified atom stereocenters. The maximum Gasteiger partial charge on any atom is 0.269 e. The standard InChI is InChI=1S/C16H18N2O3/c1-12-8-15(18(19)20)6-7-16(12)17-10-13-4-3-5-14(9-13)11-21-2/h3-9,17H,10-11H2,1-2H3. The van der Waals surface area contributed by atoms with Crippen molar-refractivity contribution in [3.63, 3.8) is 0 Å². The summed E-state index contributed by atoms with van der Waals surface area (Å²) in [5, 5.41) is 14.0. The molecule has 0 fully saturated rings. The van der Waals surface area contributed by atoms with E-state index in [1.807, 2.05) is 25.1 Å². The Bertz CT molecular complexity index is 641. The molecular weight excluding hydrogens is 268 g/mol. The molecule has 0 aliphatic rings. The number of nitrogens with zero attached hydrogens (tertiary/aromatic N) is 1. The molecule has 0 atom stereocenters. The highest BCUT2D eigenvalue weighted by Gasteiger charge is 2.07. The highest BCUT2D eigenvalue weighted by atomic mass is 16.6. The van der Waals surface area contributed by atoms with Gasteiger partial charge in [0.25, 0.3) is 5.69 Å². The van der Waals surface area contributed by atoms with Crippen LogP contribution in [-0.2, 0) is 17.9 Å². The van der Waals surface area contributed by atoms with Crippen LogP contribution in [0.2, 0.25) is 0 Å². The van der Waals surface area contributed by atoms with Crippen molar-refractivity contribution in [1.29, 1.82) is 0 Å². The molecule has 0 spiro atoms. The van der Waals surface area contributed by atoms with Crippen molar-refractivity contribution in [3.8, 4) is 0 Å². The largest absolute Gasteiger partial charge is 0.381 e. The molecule has 5 heteroatoms. The van der Waals surface area contributed by atoms with E-state index in [1.54, 1.807) is 19.2 Å². The number of methoxy groups -OCH3 is 1. The average Bonchev–Trinajstić information content (AvgIpc) is 2.46. The summed E-state index contributed by atoms with van der Waals surface area (Å²) in [6.45, 7) is 3.11. The van der Waals surface area contributed by atoms with E-state index in [9.17, 15) is 10.1 Å². The van der Waals surface area contributed by atoms with E-state index in [0.29, 0.717) is 13.2 Å². The molecule has 0 saturated heterocycles. The third kappa shape index (κ3) is 4.03. The number of rotatable bonds is 6. The maximum absolute atomic E-state index is 10.7. The Labute approximate surface area is 123 Å². The third-order valence-corrected chi connectivity index (χ3v) is 3.21. The van der Waals surface area contributed by atoms with Gasteiger partial charge in [-0.25, -0.2) is 0 Å². The minimum atomic E-state index is -0.384. The summed E-state index contributed by atoms with van der Waals surface area (Å²) >= 11 is 0. The Hall–Kier alpha value is -2.40. The zero-order chi connectivity index (χ0) is 15.2. The highest BCUT2D eigenvalue weighted by molar-refractivity contribution is 5.55. The molecule has 1 N–H and O–H groups in total. The molecule has 21 heavy (non-hydrogen) atoms. The number of aryl methyl sites for hydroxylation is 1. The minimum Gasteiger partial charge on any atom is -0.381 e. The minimum absolute atomic E-state index is 0.111. The molecule has 2 aromatic carbocycles. The molecule has 5 nitrogen and oxygen atoms in total. The molecular formula is C16H18N2O3. The van der Waals surface area contributed by atoms with Crippen molar-refractivity contribution in [2.45, 2.75) is 20.1 Å². The van der Waals surface area contributed by atoms with Gasteiger partial charge in [0.1, 0.15) is 0 Å². The normalized spacial score (nSPS) is 10.4. The summed E-state index contributed by atoms with van der Waals surface area (Å²) < 4.78 is 5.12. The van der Waals surface area contributed by atoms with E-state index in [4.69, 9.17) is 4.74 Å². The molecule has 0 saturated carbocycles. The molecule has 110 valence electrons. The number of anilines is 1. The fourth-order valence-electron chi connectivity index (χ4n) is 2.15. The van der Waals surface area contributed by atoms with Crippen LogP contribution in [-0.4, -0.2) is 12.0 Å². The van der Waals surface area contributed by atoms with Crippen LogP contribution >= 0.6 is 0 Å². The molecule has 0 aromatic heterocycles. The van der Waals surface area contributed by atoms with E-state index in [1.165, 1.54) is 6.07 Å². The number of nitro groups is 1. The summed E-state index contributed by atoms with van der Waals surface area (Å²) in [6.07, 6.45) is 0. The zero-order valence-electron chi connectivity index (χ0n) is 12.1. The molecule has 0 aliphatic heterocycles. The molecule has 0 aliphatic carbocycles. The van der Waals surface area contributed by atoms with Crippen LogP contribution < -0.4 is 5.32 Å². The SMILES string of the molecule is COCc1cccc(CNc2ccc([N+](=O)[O-])cc2C)c1. The lowest BCUT2D eigenvalue weighted by Gasteiger charge is -2.10. The summed E-state index contributed by atoms with van der Waals surface area (Å²) in [6, 6.07) is 13.0. The molecule has 2 aromatic rings. The number of ether oxygens (including phenoxy) is 1. The third-order valence-electron chi connectivity index (χ3n) is 3.21. The number of hydrogen-bond acceptors (Lipinski definition) is 4. The number of benzene rings is 2. The quantitative estimate of drug-likeness (QED) is 0.650. The molecule has 2 rings (SSSR count). The maximum atomic E-state index is 10.7. The van der Waals surface area contributed by atoms with Gasteiger partial charge in [0.2, 0.25) is 0 Å². The average molecular weight is 286 g/mol. The van der Waals surface area contributed by atoms with Gasteiger partial charge in [0.15, 0.2) is 0 Å². The lowest BCUT2D eigenvalue weighted by Crippen LogP contribution is -2.02. The first kappa shape index (κ1) is 15.0. The van der Waals surface area contributed by atoms with Crippen molar-refractivity contribution in [2.75, 3.05) is 12.4 Å². The second-order valence-electron chi connectivity index (χ2n) is 4.86. The predicted octanol–water partition coefficient (Wildman–Crippen LogP) is 3.66. The smallest absolute Gasteiger partial charge is 0.269 e. The molecule has 0 amide bonds. The van der Waals surface area contributed by atoms with Gasteiger partial charge < -0.3 is 10.1 Å². The van der Waals surface area contributed by atoms with E-state index >= 15 is 0 Å². The Kier molecular flexibility index (Phi) is 4.90. The highest BCUT2D eigenvalue weighted by Crippen LogP contribution is 2.21. The van der Waals surface area contributed by atoms with Gasteiger partial charge >= 0.3 is 0 Å². The van der Waals surface area contributed by atoms with E-state index in [0.717, 1.165) is 22.4 Å². The van der Waals surface area contributed by atoms with Gasteiger partial charge in [-0.1, -0.05) is 24.3 Å². The van der Waals surface area contributed by atoms with Crippen LogP contribution in [0.4, 0.5) is 11.4 Å². The van der Waals surface area contributed by atoms with Crippen LogP contribution in [0.1, 0.15) is 16.7 Å². The summed E-state index contributed by atoms with van der Waals surface area (Å²) in [5.41, 5.74) is 4.13. The first-order valence-electron chi connectivity index (χ1n) is 6.66. The van der Waals surface area contributed by atoms with E-state index in [-0.39, 0.29) is 10.6 Å². The van der Waals surface area contributed by atoms with Gasteiger partial charge in [-0.15, -0.1) is 0 Å². The summed E-state index contributed by atoms with van der Waals surface area (Å²) in [5.74, 6) is 0. The number of nitro benzene ring substituents is 1. The van der Waals surface area contributed by atoms with Crippen molar-refractivity contribution in [2.24, 2.45) is 0 Å². The Balaban J connectivity index is 2.06. The van der Waals surface area contributed by atoms with Crippen LogP contribution in [0.3, 0.4) is 0 Å². The van der Waals surface area contributed by atoms with Crippen LogP contribution in [0, 0.1) is 17.0 Å². The lowest BCUT2D eigenvalue weighted by atomic mass is 10.1. The topological polar surface area (TPSA) is 64.4 Å². The fraction of sp³-hybridized carbons (Fsp3) is 0.250. The lowest BCUT2D eigenvalue weighted by molar-refractivity contribution is -0.384.